The summed E-state index contributed by atoms with van der Waals surface area (Å²) in [6, 6.07) is 7.66. The third-order valence-corrected chi connectivity index (χ3v) is 3.96. The summed E-state index contributed by atoms with van der Waals surface area (Å²) in [5.41, 5.74) is 2.58. The number of benzene rings is 1. The molecule has 25 heavy (non-hydrogen) atoms. The lowest BCUT2D eigenvalue weighted by Gasteiger charge is -2.14. The highest BCUT2D eigenvalue weighted by atomic mass is 79.9. The number of halogens is 4. The first-order valence-corrected chi connectivity index (χ1v) is 8.37. The van der Waals surface area contributed by atoms with Gasteiger partial charge in [0.2, 0.25) is 0 Å². The number of nitrogens with zero attached hydrogens (tertiary/aromatic N) is 2. The van der Waals surface area contributed by atoms with Crippen molar-refractivity contribution in [1.29, 1.82) is 0 Å². The van der Waals surface area contributed by atoms with Gasteiger partial charge in [-0.25, -0.2) is 4.98 Å². The lowest BCUT2D eigenvalue weighted by molar-refractivity contribution is -0.137. The number of rotatable bonds is 6. The Labute approximate surface area is 152 Å². The van der Waals surface area contributed by atoms with Crippen LogP contribution in [-0.2, 0) is 6.18 Å². The molecule has 4 nitrogen and oxygen atoms in total. The van der Waals surface area contributed by atoms with E-state index in [0.29, 0.717) is 0 Å². The monoisotopic (exact) mass is 415 g/mol. The molecule has 0 spiro atoms. The average Bonchev–Trinajstić information content (AvgIpc) is 2.57. The van der Waals surface area contributed by atoms with E-state index in [2.05, 4.69) is 31.4 Å². The number of hydrogen-bond acceptors (Lipinski definition) is 4. The number of hydrazone groups is 1. The molecule has 2 aromatic rings. The minimum absolute atomic E-state index is 0.114. The van der Waals surface area contributed by atoms with Crippen molar-refractivity contribution < 1.29 is 17.9 Å². The molecule has 2 rings (SSSR count). The van der Waals surface area contributed by atoms with Crippen molar-refractivity contribution in [2.24, 2.45) is 5.10 Å². The highest BCUT2D eigenvalue weighted by Gasteiger charge is 2.30. The first-order chi connectivity index (χ1) is 11.8. The fourth-order valence-corrected chi connectivity index (χ4v) is 2.28. The average molecular weight is 416 g/mol. The van der Waals surface area contributed by atoms with Crippen molar-refractivity contribution >= 4 is 28.0 Å². The molecule has 8 heteroatoms. The molecule has 0 saturated carbocycles. The van der Waals surface area contributed by atoms with E-state index in [1.807, 2.05) is 32.0 Å². The van der Waals surface area contributed by atoms with Crippen LogP contribution in [0.3, 0.4) is 0 Å². The minimum atomic E-state index is -4.40. The van der Waals surface area contributed by atoms with Crippen LogP contribution in [0.2, 0.25) is 0 Å². The molecule has 1 atom stereocenters. The maximum atomic E-state index is 12.5. The summed E-state index contributed by atoms with van der Waals surface area (Å²) >= 11 is 3.44. The molecule has 0 aliphatic rings. The van der Waals surface area contributed by atoms with Gasteiger partial charge in [-0.15, -0.1) is 0 Å². The maximum absolute atomic E-state index is 12.5. The van der Waals surface area contributed by atoms with Crippen molar-refractivity contribution in [2.75, 3.05) is 5.43 Å². The second kappa shape index (κ2) is 8.33. The van der Waals surface area contributed by atoms with Crippen molar-refractivity contribution in [3.8, 4) is 5.75 Å². The van der Waals surface area contributed by atoms with Crippen LogP contribution in [0.4, 0.5) is 19.0 Å². The third-order valence-electron chi connectivity index (χ3n) is 3.34. The highest BCUT2D eigenvalue weighted by molar-refractivity contribution is 9.10. The molecule has 0 fully saturated rings. The fourth-order valence-electron chi connectivity index (χ4n) is 1.79. The normalized spacial score (nSPS) is 13.0. The Bertz CT molecular complexity index is 733. The molecular formula is C17H17BrF3N3O. The molecule has 1 heterocycles. The van der Waals surface area contributed by atoms with E-state index >= 15 is 0 Å². The molecule has 0 bridgehead atoms. The summed E-state index contributed by atoms with van der Waals surface area (Å²) in [5, 5.41) is 3.97. The van der Waals surface area contributed by atoms with Crippen LogP contribution in [0, 0.1) is 0 Å². The van der Waals surface area contributed by atoms with E-state index in [-0.39, 0.29) is 11.9 Å². The van der Waals surface area contributed by atoms with Gasteiger partial charge in [0.1, 0.15) is 11.6 Å². The predicted octanol–water partition coefficient (Wildman–Crippen LogP) is 5.49. The van der Waals surface area contributed by atoms with Gasteiger partial charge in [-0.1, -0.05) is 6.92 Å². The lowest BCUT2D eigenvalue weighted by atomic mass is 10.2. The molecule has 0 unspecified atom stereocenters. The summed E-state index contributed by atoms with van der Waals surface area (Å²) < 4.78 is 43.9. The fraction of sp³-hybridized carbons (Fsp3) is 0.294. The molecule has 1 N–H and O–H groups in total. The van der Waals surface area contributed by atoms with Crippen LogP contribution in [-0.4, -0.2) is 17.3 Å². The zero-order chi connectivity index (χ0) is 18.4. The second-order valence-corrected chi connectivity index (χ2v) is 6.18. The van der Waals surface area contributed by atoms with E-state index in [0.717, 1.165) is 34.5 Å². The zero-order valence-corrected chi connectivity index (χ0v) is 15.2. The van der Waals surface area contributed by atoms with Gasteiger partial charge in [-0.2, -0.15) is 18.3 Å². The van der Waals surface area contributed by atoms with Gasteiger partial charge in [0, 0.05) is 6.20 Å². The smallest absolute Gasteiger partial charge is 0.417 e. The Kier molecular flexibility index (Phi) is 6.41. The van der Waals surface area contributed by atoms with Gasteiger partial charge in [0.25, 0.3) is 0 Å². The molecule has 0 amide bonds. The quantitative estimate of drug-likeness (QED) is 0.501. The zero-order valence-electron chi connectivity index (χ0n) is 13.6. The summed E-state index contributed by atoms with van der Waals surface area (Å²) in [4.78, 5) is 3.68. The Morgan fingerprint density at radius 2 is 2.08 bits per heavy atom. The van der Waals surface area contributed by atoms with Gasteiger partial charge in [0.05, 0.1) is 22.4 Å². The standard InChI is InChI=1S/C17H17BrF3N3O/c1-3-11(2)25-15-6-4-12(8-14(15)18)9-23-24-16-7-5-13(10-22-16)17(19,20)21/h4-11H,3H2,1-2H3,(H,22,24)/b23-9-/t11-/m1/s1. The number of alkyl halides is 3. The first kappa shape index (κ1) is 19.2. The van der Waals surface area contributed by atoms with E-state index in [4.69, 9.17) is 4.74 Å². The molecule has 1 aromatic heterocycles. The van der Waals surface area contributed by atoms with Gasteiger partial charge in [-0.05, 0) is 65.2 Å². The van der Waals surface area contributed by atoms with Crippen molar-refractivity contribution in [3.05, 3.63) is 52.1 Å². The Hall–Kier alpha value is -2.09. The Morgan fingerprint density at radius 1 is 1.32 bits per heavy atom. The van der Waals surface area contributed by atoms with Gasteiger partial charge in [-0.3, -0.25) is 5.43 Å². The van der Waals surface area contributed by atoms with E-state index in [1.54, 1.807) is 0 Å². The summed E-state index contributed by atoms with van der Waals surface area (Å²) in [6.45, 7) is 4.03. The van der Waals surface area contributed by atoms with Crippen LogP contribution in [0.15, 0.2) is 46.1 Å². The number of nitrogens with one attached hydrogen (secondary N) is 1. The molecule has 134 valence electrons. The van der Waals surface area contributed by atoms with Crippen molar-refractivity contribution in [2.45, 2.75) is 32.5 Å². The van der Waals surface area contributed by atoms with Crippen LogP contribution in [0.1, 0.15) is 31.4 Å². The summed E-state index contributed by atoms with van der Waals surface area (Å²) in [7, 11) is 0. The van der Waals surface area contributed by atoms with E-state index in [1.165, 1.54) is 12.3 Å². The van der Waals surface area contributed by atoms with Crippen molar-refractivity contribution in [3.63, 3.8) is 0 Å². The first-order valence-electron chi connectivity index (χ1n) is 7.58. The van der Waals surface area contributed by atoms with E-state index < -0.39 is 11.7 Å². The SMILES string of the molecule is CC[C@@H](C)Oc1ccc(/C=N\Nc2ccc(C(F)(F)F)cn2)cc1Br. The Balaban J connectivity index is 1.99. The largest absolute Gasteiger partial charge is 0.490 e. The van der Waals surface area contributed by atoms with Gasteiger partial charge < -0.3 is 4.74 Å². The number of hydrogen-bond donors (Lipinski definition) is 1. The van der Waals surface area contributed by atoms with E-state index in [9.17, 15) is 13.2 Å². The Morgan fingerprint density at radius 3 is 2.64 bits per heavy atom. The second-order valence-electron chi connectivity index (χ2n) is 5.33. The number of aromatic nitrogens is 1. The molecule has 1 aromatic carbocycles. The molecular weight excluding hydrogens is 399 g/mol. The van der Waals surface area contributed by atoms with Crippen molar-refractivity contribution in [1.82, 2.24) is 4.98 Å². The number of anilines is 1. The van der Waals surface area contributed by atoms with Crippen LogP contribution in [0.5, 0.6) is 5.75 Å². The maximum Gasteiger partial charge on any atom is 0.417 e. The number of pyridine rings is 1. The highest BCUT2D eigenvalue weighted by Crippen LogP contribution is 2.29. The van der Waals surface area contributed by atoms with Crippen LogP contribution in [0.25, 0.3) is 0 Å². The summed E-state index contributed by atoms with van der Waals surface area (Å²) in [5.74, 6) is 0.962. The van der Waals surface area contributed by atoms with Crippen LogP contribution >= 0.6 is 15.9 Å². The summed E-state index contributed by atoms with van der Waals surface area (Å²) in [6.07, 6.45) is -1.09. The van der Waals surface area contributed by atoms with Gasteiger partial charge in [0.15, 0.2) is 0 Å². The van der Waals surface area contributed by atoms with Crippen LogP contribution < -0.4 is 10.2 Å². The lowest BCUT2D eigenvalue weighted by Crippen LogP contribution is -2.10. The molecule has 0 aliphatic heterocycles. The third kappa shape index (κ3) is 5.74. The molecule has 0 aliphatic carbocycles. The molecule has 0 radical (unpaired) electrons. The predicted molar refractivity (Wildman–Crippen MR) is 95.0 cm³/mol. The topological polar surface area (TPSA) is 46.5 Å². The number of ether oxygens (including phenoxy) is 1. The molecule has 0 saturated heterocycles. The van der Waals surface area contributed by atoms with Gasteiger partial charge >= 0.3 is 6.18 Å². The minimum Gasteiger partial charge on any atom is -0.490 e.